The first-order chi connectivity index (χ1) is 14.9. The molecule has 1 saturated heterocycles. The fourth-order valence-electron chi connectivity index (χ4n) is 3.32. The molecule has 0 saturated carbocycles. The van der Waals surface area contributed by atoms with Gasteiger partial charge in [0.25, 0.3) is 0 Å². The third-order valence-corrected chi connectivity index (χ3v) is 4.85. The van der Waals surface area contributed by atoms with Gasteiger partial charge in [0.15, 0.2) is 12.6 Å². The van der Waals surface area contributed by atoms with E-state index in [1.165, 1.54) is 12.3 Å². The molecule has 3 rings (SSSR count). The van der Waals surface area contributed by atoms with Crippen LogP contribution < -0.4 is 19.7 Å². The number of aliphatic imine (C=N–C) groups is 1. The molecule has 0 unspecified atom stereocenters. The van der Waals surface area contributed by atoms with Crippen molar-refractivity contribution < 1.29 is 22.6 Å². The Kier molecular flexibility index (Phi) is 9.66. The molecule has 0 radical (unpaired) electrons. The number of rotatable bonds is 6. The van der Waals surface area contributed by atoms with Crippen molar-refractivity contribution in [2.24, 2.45) is 4.99 Å². The summed E-state index contributed by atoms with van der Waals surface area (Å²) >= 11 is 0. The van der Waals surface area contributed by atoms with Crippen LogP contribution in [0.1, 0.15) is 5.56 Å². The Morgan fingerprint density at radius 1 is 1.12 bits per heavy atom. The van der Waals surface area contributed by atoms with Crippen molar-refractivity contribution in [1.29, 1.82) is 0 Å². The molecule has 7 nitrogen and oxygen atoms in total. The summed E-state index contributed by atoms with van der Waals surface area (Å²) in [6.45, 7) is 2.33. The summed E-state index contributed by atoms with van der Waals surface area (Å²) in [6, 6.07) is 11.1. The van der Waals surface area contributed by atoms with Crippen LogP contribution in [-0.4, -0.2) is 69.0 Å². The number of guanidine groups is 1. The number of para-hydroxylation sites is 2. The van der Waals surface area contributed by atoms with E-state index in [2.05, 4.69) is 35.9 Å². The first kappa shape index (κ1) is 25.8. The fraction of sp³-hybridized carbons (Fsp3) is 0.429. The normalized spacial score (nSPS) is 14.6. The minimum atomic E-state index is -4.38. The Balaban J connectivity index is 0.00000363. The van der Waals surface area contributed by atoms with E-state index in [9.17, 15) is 13.2 Å². The first-order valence-electron chi connectivity index (χ1n) is 9.87. The van der Waals surface area contributed by atoms with Crippen molar-refractivity contribution in [3.05, 3.63) is 48.2 Å². The molecule has 176 valence electrons. The van der Waals surface area contributed by atoms with Gasteiger partial charge in [-0.3, -0.25) is 4.99 Å². The number of halogens is 4. The zero-order chi connectivity index (χ0) is 22.3. The summed E-state index contributed by atoms with van der Waals surface area (Å²) in [5.74, 6) is 1.56. The van der Waals surface area contributed by atoms with Gasteiger partial charge in [0.1, 0.15) is 5.75 Å². The molecule has 1 aromatic carbocycles. The number of pyridine rings is 1. The van der Waals surface area contributed by atoms with E-state index >= 15 is 0 Å². The minimum absolute atomic E-state index is 0. The number of nitrogens with one attached hydrogen (secondary N) is 1. The predicted octanol–water partition coefficient (Wildman–Crippen LogP) is 3.55. The monoisotopic (exact) mass is 565 g/mol. The van der Waals surface area contributed by atoms with Crippen LogP contribution in [0.2, 0.25) is 0 Å². The third kappa shape index (κ3) is 7.31. The fourth-order valence-corrected chi connectivity index (χ4v) is 3.32. The van der Waals surface area contributed by atoms with E-state index < -0.39 is 12.8 Å². The molecule has 1 N–H and O–H groups in total. The molecular formula is C21H27F3IN5O2. The van der Waals surface area contributed by atoms with Gasteiger partial charge in [-0.1, -0.05) is 18.2 Å². The van der Waals surface area contributed by atoms with Crippen LogP contribution in [0.4, 0.5) is 18.9 Å². The maximum Gasteiger partial charge on any atom is 0.422 e. The van der Waals surface area contributed by atoms with Gasteiger partial charge in [-0.25, -0.2) is 4.98 Å². The molecule has 2 heterocycles. The number of hydrogen-bond acceptors (Lipinski definition) is 5. The zero-order valence-electron chi connectivity index (χ0n) is 17.9. The highest BCUT2D eigenvalue weighted by molar-refractivity contribution is 14.0. The number of anilines is 1. The SMILES string of the molecule is CN=C(NCc1ccc(OCC(F)(F)F)nc1)N1CCN(c2ccccc2OC)CC1.I. The van der Waals surface area contributed by atoms with Crippen LogP contribution in [-0.2, 0) is 6.54 Å². The molecule has 0 atom stereocenters. The van der Waals surface area contributed by atoms with Gasteiger partial charge in [0, 0.05) is 52.0 Å². The second kappa shape index (κ2) is 12.0. The molecular weight excluding hydrogens is 538 g/mol. The quantitative estimate of drug-likeness (QED) is 0.329. The first-order valence-corrected chi connectivity index (χ1v) is 9.87. The molecule has 1 aromatic heterocycles. The Labute approximate surface area is 202 Å². The highest BCUT2D eigenvalue weighted by Gasteiger charge is 2.28. The maximum atomic E-state index is 12.2. The number of nitrogens with zero attached hydrogens (tertiary/aromatic N) is 4. The summed E-state index contributed by atoms with van der Waals surface area (Å²) in [5, 5.41) is 3.28. The molecule has 0 spiro atoms. The van der Waals surface area contributed by atoms with Crippen LogP contribution in [0.3, 0.4) is 0 Å². The second-order valence-corrected chi connectivity index (χ2v) is 6.96. The summed E-state index contributed by atoms with van der Waals surface area (Å²) in [6.07, 6.45) is -2.89. The van der Waals surface area contributed by atoms with Crippen LogP contribution >= 0.6 is 24.0 Å². The Morgan fingerprint density at radius 3 is 2.44 bits per heavy atom. The van der Waals surface area contributed by atoms with E-state index in [0.717, 1.165) is 49.1 Å². The number of alkyl halides is 3. The zero-order valence-corrected chi connectivity index (χ0v) is 20.3. The van der Waals surface area contributed by atoms with Gasteiger partial charge in [-0.15, -0.1) is 24.0 Å². The molecule has 1 aliphatic heterocycles. The van der Waals surface area contributed by atoms with Gasteiger partial charge in [0.05, 0.1) is 12.8 Å². The topological polar surface area (TPSA) is 62.2 Å². The Morgan fingerprint density at radius 2 is 1.84 bits per heavy atom. The summed E-state index contributed by atoms with van der Waals surface area (Å²) in [4.78, 5) is 12.7. The summed E-state index contributed by atoms with van der Waals surface area (Å²) < 4.78 is 46.7. The molecule has 0 bridgehead atoms. The van der Waals surface area contributed by atoms with Crippen molar-refractivity contribution in [3.63, 3.8) is 0 Å². The number of methoxy groups -OCH3 is 1. The van der Waals surface area contributed by atoms with Crippen molar-refractivity contribution in [3.8, 4) is 11.6 Å². The van der Waals surface area contributed by atoms with Crippen LogP contribution in [0, 0.1) is 0 Å². The van der Waals surface area contributed by atoms with Gasteiger partial charge in [0.2, 0.25) is 5.88 Å². The second-order valence-electron chi connectivity index (χ2n) is 6.96. The lowest BCUT2D eigenvalue weighted by Gasteiger charge is -2.38. The average molecular weight is 565 g/mol. The minimum Gasteiger partial charge on any atom is -0.495 e. The van der Waals surface area contributed by atoms with Crippen molar-refractivity contribution >= 4 is 35.6 Å². The highest BCUT2D eigenvalue weighted by atomic mass is 127. The van der Waals surface area contributed by atoms with Gasteiger partial charge >= 0.3 is 6.18 Å². The summed E-state index contributed by atoms with van der Waals surface area (Å²) in [7, 11) is 3.39. The smallest absolute Gasteiger partial charge is 0.422 e. The number of benzene rings is 1. The van der Waals surface area contributed by atoms with E-state index in [4.69, 9.17) is 4.74 Å². The molecule has 32 heavy (non-hydrogen) atoms. The largest absolute Gasteiger partial charge is 0.495 e. The van der Waals surface area contributed by atoms with Gasteiger partial charge in [-0.2, -0.15) is 13.2 Å². The molecule has 0 aliphatic carbocycles. The predicted molar refractivity (Wildman–Crippen MR) is 128 cm³/mol. The van der Waals surface area contributed by atoms with E-state index in [-0.39, 0.29) is 29.9 Å². The third-order valence-electron chi connectivity index (χ3n) is 4.85. The lowest BCUT2D eigenvalue weighted by molar-refractivity contribution is -0.154. The van der Waals surface area contributed by atoms with Crippen LogP contribution in [0.5, 0.6) is 11.6 Å². The van der Waals surface area contributed by atoms with Gasteiger partial charge < -0.3 is 24.6 Å². The molecule has 2 aromatic rings. The molecule has 11 heteroatoms. The Bertz CT molecular complexity index is 872. The molecule has 1 fully saturated rings. The van der Waals surface area contributed by atoms with Crippen molar-refractivity contribution in [2.45, 2.75) is 12.7 Å². The average Bonchev–Trinajstić information content (AvgIpc) is 2.79. The lowest BCUT2D eigenvalue weighted by Crippen LogP contribution is -2.52. The number of piperazine rings is 1. The number of hydrogen-bond donors (Lipinski definition) is 1. The summed E-state index contributed by atoms with van der Waals surface area (Å²) in [5.41, 5.74) is 1.89. The highest BCUT2D eigenvalue weighted by Crippen LogP contribution is 2.28. The van der Waals surface area contributed by atoms with Crippen molar-refractivity contribution in [1.82, 2.24) is 15.2 Å². The van der Waals surface area contributed by atoms with E-state index in [1.807, 2.05) is 18.2 Å². The number of aromatic nitrogens is 1. The van der Waals surface area contributed by atoms with Crippen LogP contribution in [0.25, 0.3) is 0 Å². The van der Waals surface area contributed by atoms with Crippen LogP contribution in [0.15, 0.2) is 47.6 Å². The Hall–Kier alpha value is -2.44. The number of ether oxygens (including phenoxy) is 2. The molecule has 1 aliphatic rings. The van der Waals surface area contributed by atoms with E-state index in [1.54, 1.807) is 20.2 Å². The van der Waals surface area contributed by atoms with Crippen molar-refractivity contribution in [2.75, 3.05) is 51.8 Å². The molecule has 0 amide bonds. The van der Waals surface area contributed by atoms with E-state index in [0.29, 0.717) is 6.54 Å². The maximum absolute atomic E-state index is 12.2. The lowest BCUT2D eigenvalue weighted by atomic mass is 10.2. The van der Waals surface area contributed by atoms with Gasteiger partial charge in [-0.05, 0) is 17.7 Å². The standard InChI is InChI=1S/C21H26F3N5O2.HI/c1-25-20(27-14-16-7-8-19(26-13-16)31-15-21(22,23)24)29-11-9-28(10-12-29)17-5-3-4-6-18(17)30-2;/h3-8,13H,9-12,14-15H2,1-2H3,(H,25,27);1H.